The molecule has 1 saturated heterocycles. The number of amides is 1. The van der Waals surface area contributed by atoms with Gasteiger partial charge in [0.2, 0.25) is 0 Å². The minimum Gasteiger partial charge on any atom is -0.392 e. The van der Waals surface area contributed by atoms with Crippen molar-refractivity contribution >= 4 is 5.91 Å². The van der Waals surface area contributed by atoms with Gasteiger partial charge in [0, 0.05) is 62.4 Å². The Kier molecular flexibility index (Phi) is 7.03. The van der Waals surface area contributed by atoms with Crippen molar-refractivity contribution in [1.29, 1.82) is 0 Å². The predicted octanol–water partition coefficient (Wildman–Crippen LogP) is 2.75. The second-order valence-electron chi connectivity index (χ2n) is 7.86. The molecule has 2 aromatic heterocycles. The van der Waals surface area contributed by atoms with Gasteiger partial charge < -0.3 is 19.3 Å². The standard InChI is InChI=1S/C22H32N4O3/c1-15-11-20(16(2)26(15)9-6-10-29-4)22(28)25-8-5-7-18(13-25)21-19(14-27)12-23-17(3)24-21/h11-12,18,27H,5-10,13-14H2,1-4H3. The van der Waals surface area contributed by atoms with Crippen LogP contribution in [0.15, 0.2) is 12.3 Å². The minimum atomic E-state index is -0.0807. The summed E-state index contributed by atoms with van der Waals surface area (Å²) in [6, 6.07) is 2.00. The van der Waals surface area contributed by atoms with E-state index in [1.165, 1.54) is 0 Å². The van der Waals surface area contributed by atoms with Crippen LogP contribution in [-0.2, 0) is 17.9 Å². The Labute approximate surface area is 172 Å². The highest BCUT2D eigenvalue weighted by atomic mass is 16.5. The number of likely N-dealkylation sites (tertiary alicyclic amines) is 1. The second kappa shape index (κ2) is 9.50. The van der Waals surface area contributed by atoms with Crippen molar-refractivity contribution in [3.05, 3.63) is 46.3 Å². The van der Waals surface area contributed by atoms with Gasteiger partial charge in [-0.05, 0) is 46.1 Å². The summed E-state index contributed by atoms with van der Waals surface area (Å²) in [5, 5.41) is 9.68. The molecule has 3 rings (SSSR count). The Bertz CT molecular complexity index is 862. The molecule has 7 heteroatoms. The molecule has 1 aliphatic heterocycles. The van der Waals surface area contributed by atoms with Crippen molar-refractivity contribution in [2.24, 2.45) is 0 Å². The van der Waals surface area contributed by atoms with Crippen molar-refractivity contribution in [2.45, 2.75) is 59.1 Å². The van der Waals surface area contributed by atoms with Crippen molar-refractivity contribution in [1.82, 2.24) is 19.4 Å². The van der Waals surface area contributed by atoms with E-state index in [2.05, 4.69) is 14.5 Å². The summed E-state index contributed by atoms with van der Waals surface area (Å²) in [6.45, 7) is 8.77. The number of carbonyl (C=O) groups is 1. The summed E-state index contributed by atoms with van der Waals surface area (Å²) in [7, 11) is 1.71. The molecule has 1 N–H and O–H groups in total. The maximum atomic E-state index is 13.3. The number of hydrogen-bond donors (Lipinski definition) is 1. The van der Waals surface area contributed by atoms with Gasteiger partial charge in [-0.2, -0.15) is 0 Å². The molecule has 158 valence electrons. The van der Waals surface area contributed by atoms with E-state index >= 15 is 0 Å². The molecule has 0 radical (unpaired) electrons. The van der Waals surface area contributed by atoms with E-state index in [9.17, 15) is 9.90 Å². The van der Waals surface area contributed by atoms with Gasteiger partial charge in [0.15, 0.2) is 0 Å². The molecule has 0 aromatic carbocycles. The molecule has 0 bridgehead atoms. The van der Waals surface area contributed by atoms with Gasteiger partial charge in [0.25, 0.3) is 5.91 Å². The molecule has 1 aliphatic rings. The van der Waals surface area contributed by atoms with Gasteiger partial charge in [-0.1, -0.05) is 0 Å². The lowest BCUT2D eigenvalue weighted by Gasteiger charge is -2.33. The van der Waals surface area contributed by atoms with Crippen LogP contribution < -0.4 is 0 Å². The Morgan fingerprint density at radius 3 is 2.86 bits per heavy atom. The fourth-order valence-corrected chi connectivity index (χ4v) is 4.27. The summed E-state index contributed by atoms with van der Waals surface area (Å²) in [4.78, 5) is 24.0. The average Bonchev–Trinajstić information content (AvgIpc) is 3.01. The smallest absolute Gasteiger partial charge is 0.255 e. The van der Waals surface area contributed by atoms with Crippen LogP contribution in [0.2, 0.25) is 0 Å². The van der Waals surface area contributed by atoms with Crippen molar-refractivity contribution in [3.63, 3.8) is 0 Å². The summed E-state index contributed by atoms with van der Waals surface area (Å²) in [6.07, 6.45) is 4.51. The zero-order valence-corrected chi connectivity index (χ0v) is 17.9. The topological polar surface area (TPSA) is 80.5 Å². The lowest BCUT2D eigenvalue weighted by Crippen LogP contribution is -2.39. The highest BCUT2D eigenvalue weighted by Crippen LogP contribution is 2.29. The number of aryl methyl sites for hydroxylation is 2. The quantitative estimate of drug-likeness (QED) is 0.723. The first kappa shape index (κ1) is 21.5. The Balaban J connectivity index is 1.78. The van der Waals surface area contributed by atoms with E-state index in [-0.39, 0.29) is 18.4 Å². The molecule has 0 aliphatic carbocycles. The zero-order chi connectivity index (χ0) is 21.0. The molecular formula is C22H32N4O3. The van der Waals surface area contributed by atoms with E-state index < -0.39 is 0 Å². The monoisotopic (exact) mass is 400 g/mol. The van der Waals surface area contributed by atoms with E-state index in [4.69, 9.17) is 4.74 Å². The van der Waals surface area contributed by atoms with E-state index in [1.54, 1.807) is 13.3 Å². The molecule has 7 nitrogen and oxygen atoms in total. The first-order valence-electron chi connectivity index (χ1n) is 10.3. The first-order valence-corrected chi connectivity index (χ1v) is 10.3. The van der Waals surface area contributed by atoms with Gasteiger partial charge in [0.1, 0.15) is 5.82 Å². The number of methoxy groups -OCH3 is 1. The molecule has 3 heterocycles. The number of rotatable bonds is 7. The molecule has 1 amide bonds. The number of aliphatic hydroxyl groups excluding tert-OH is 1. The summed E-state index contributed by atoms with van der Waals surface area (Å²) in [5.41, 5.74) is 4.53. The lowest BCUT2D eigenvalue weighted by molar-refractivity contribution is 0.0704. The van der Waals surface area contributed by atoms with Crippen LogP contribution in [0.4, 0.5) is 0 Å². The number of aromatic nitrogens is 3. The minimum absolute atomic E-state index is 0.0807. The Hall–Kier alpha value is -2.25. The Morgan fingerprint density at radius 2 is 2.14 bits per heavy atom. The number of hydrogen-bond acceptors (Lipinski definition) is 5. The van der Waals surface area contributed by atoms with Crippen LogP contribution in [0.3, 0.4) is 0 Å². The maximum Gasteiger partial charge on any atom is 0.255 e. The fraction of sp³-hybridized carbons (Fsp3) is 0.591. The van der Waals surface area contributed by atoms with E-state index in [0.717, 1.165) is 60.6 Å². The van der Waals surface area contributed by atoms with Crippen LogP contribution in [0, 0.1) is 20.8 Å². The molecule has 1 atom stereocenters. The number of ether oxygens (including phenoxy) is 1. The van der Waals surface area contributed by atoms with Gasteiger partial charge in [0.05, 0.1) is 17.9 Å². The number of aliphatic hydroxyl groups is 1. The van der Waals surface area contributed by atoms with Crippen molar-refractivity contribution in [2.75, 3.05) is 26.8 Å². The summed E-state index contributed by atoms with van der Waals surface area (Å²) >= 11 is 0. The van der Waals surface area contributed by atoms with E-state index in [0.29, 0.717) is 19.0 Å². The largest absolute Gasteiger partial charge is 0.392 e. The van der Waals surface area contributed by atoms with Crippen molar-refractivity contribution in [3.8, 4) is 0 Å². The number of nitrogens with zero attached hydrogens (tertiary/aromatic N) is 4. The van der Waals surface area contributed by atoms with Crippen LogP contribution >= 0.6 is 0 Å². The third kappa shape index (κ3) is 4.67. The Morgan fingerprint density at radius 1 is 1.34 bits per heavy atom. The molecular weight excluding hydrogens is 368 g/mol. The highest BCUT2D eigenvalue weighted by Gasteiger charge is 2.29. The average molecular weight is 401 g/mol. The van der Waals surface area contributed by atoms with Crippen LogP contribution in [-0.4, -0.2) is 57.3 Å². The van der Waals surface area contributed by atoms with Crippen LogP contribution in [0.1, 0.15) is 64.0 Å². The first-order chi connectivity index (χ1) is 14.0. The zero-order valence-electron chi connectivity index (χ0n) is 17.9. The lowest BCUT2D eigenvalue weighted by atomic mass is 9.91. The summed E-state index contributed by atoms with van der Waals surface area (Å²) < 4.78 is 7.36. The molecule has 0 spiro atoms. The van der Waals surface area contributed by atoms with Crippen LogP contribution in [0.5, 0.6) is 0 Å². The van der Waals surface area contributed by atoms with Gasteiger partial charge in [-0.3, -0.25) is 4.79 Å². The maximum absolute atomic E-state index is 13.3. The molecule has 1 fully saturated rings. The number of carbonyl (C=O) groups excluding carboxylic acids is 1. The third-order valence-electron chi connectivity index (χ3n) is 5.82. The molecule has 2 aromatic rings. The molecule has 0 saturated carbocycles. The highest BCUT2D eigenvalue weighted by molar-refractivity contribution is 5.95. The van der Waals surface area contributed by atoms with Gasteiger partial charge >= 0.3 is 0 Å². The third-order valence-corrected chi connectivity index (χ3v) is 5.82. The van der Waals surface area contributed by atoms with Gasteiger partial charge in [-0.15, -0.1) is 0 Å². The van der Waals surface area contributed by atoms with E-state index in [1.807, 2.05) is 31.7 Å². The number of piperidine rings is 1. The van der Waals surface area contributed by atoms with Gasteiger partial charge in [-0.25, -0.2) is 9.97 Å². The predicted molar refractivity (Wildman–Crippen MR) is 111 cm³/mol. The van der Waals surface area contributed by atoms with Crippen LogP contribution in [0.25, 0.3) is 0 Å². The second-order valence-corrected chi connectivity index (χ2v) is 7.86. The normalized spacial score (nSPS) is 17.0. The SMILES string of the molecule is COCCCn1c(C)cc(C(=O)N2CCCC(c3nc(C)ncc3CO)C2)c1C. The summed E-state index contributed by atoms with van der Waals surface area (Å²) in [5.74, 6) is 0.902. The van der Waals surface area contributed by atoms with Crippen molar-refractivity contribution < 1.29 is 14.6 Å². The molecule has 1 unspecified atom stereocenters. The molecule has 29 heavy (non-hydrogen) atoms. The fourth-order valence-electron chi connectivity index (χ4n) is 4.27.